The van der Waals surface area contributed by atoms with Gasteiger partial charge in [-0.1, -0.05) is 13.8 Å². The zero-order chi connectivity index (χ0) is 15.1. The Morgan fingerprint density at radius 2 is 1.95 bits per heavy atom. The van der Waals surface area contributed by atoms with E-state index in [0.717, 1.165) is 37.3 Å². The molecule has 4 nitrogen and oxygen atoms in total. The number of rotatable bonds is 7. The Labute approximate surface area is 126 Å². The predicted molar refractivity (Wildman–Crippen MR) is 82.3 cm³/mol. The molecule has 1 aromatic carbocycles. The van der Waals surface area contributed by atoms with Crippen molar-refractivity contribution in [1.29, 1.82) is 5.26 Å². The first-order chi connectivity index (χ1) is 10.3. The highest BCUT2D eigenvalue weighted by Gasteiger charge is 2.04. The number of benzene rings is 1. The largest absolute Gasteiger partial charge is 0.494 e. The van der Waals surface area contributed by atoms with Crippen LogP contribution in [0.2, 0.25) is 0 Å². The van der Waals surface area contributed by atoms with Crippen molar-refractivity contribution in [1.82, 2.24) is 9.78 Å². The molecule has 4 heteroatoms. The molecule has 0 aliphatic carbocycles. The highest BCUT2D eigenvalue weighted by molar-refractivity contribution is 5.34. The Balaban J connectivity index is 1.81. The van der Waals surface area contributed by atoms with Crippen molar-refractivity contribution in [3.63, 3.8) is 0 Å². The minimum Gasteiger partial charge on any atom is -0.494 e. The molecule has 0 saturated heterocycles. The summed E-state index contributed by atoms with van der Waals surface area (Å²) in [6, 6.07) is 11.5. The fourth-order valence-electron chi connectivity index (χ4n) is 2.20. The number of aryl methyl sites for hydroxylation is 3. The minimum atomic E-state index is 0.649. The number of hydrogen-bond donors (Lipinski definition) is 0. The lowest BCUT2D eigenvalue weighted by atomic mass is 10.2. The minimum absolute atomic E-state index is 0.649. The van der Waals surface area contributed by atoms with Gasteiger partial charge in [0.15, 0.2) is 0 Å². The third-order valence-electron chi connectivity index (χ3n) is 3.40. The van der Waals surface area contributed by atoms with Crippen molar-refractivity contribution >= 4 is 0 Å². The molecular weight excluding hydrogens is 262 g/mol. The van der Waals surface area contributed by atoms with Crippen molar-refractivity contribution in [3.05, 3.63) is 47.3 Å². The first kappa shape index (κ1) is 15.1. The van der Waals surface area contributed by atoms with Crippen LogP contribution in [0.4, 0.5) is 0 Å². The maximum absolute atomic E-state index is 8.74. The summed E-state index contributed by atoms with van der Waals surface area (Å²) in [5.41, 5.74) is 3.09. The highest BCUT2D eigenvalue weighted by Crippen LogP contribution is 2.12. The van der Waals surface area contributed by atoms with Gasteiger partial charge in [0.25, 0.3) is 0 Å². The molecule has 0 aliphatic heterocycles. The fraction of sp³-hybridized carbons (Fsp3) is 0.412. The van der Waals surface area contributed by atoms with Crippen LogP contribution in [0.1, 0.15) is 37.2 Å². The lowest BCUT2D eigenvalue weighted by Gasteiger charge is -2.08. The van der Waals surface area contributed by atoms with E-state index in [9.17, 15) is 0 Å². The van der Waals surface area contributed by atoms with E-state index in [2.05, 4.69) is 35.8 Å². The van der Waals surface area contributed by atoms with Crippen molar-refractivity contribution in [3.8, 4) is 11.8 Å². The lowest BCUT2D eigenvalue weighted by molar-refractivity contribution is 0.297. The van der Waals surface area contributed by atoms with E-state index in [1.165, 1.54) is 5.69 Å². The molecule has 2 aromatic rings. The highest BCUT2D eigenvalue weighted by atomic mass is 16.5. The smallest absolute Gasteiger partial charge is 0.119 e. The average Bonchev–Trinajstić information content (AvgIpc) is 2.94. The van der Waals surface area contributed by atoms with Crippen LogP contribution in [0.25, 0.3) is 0 Å². The molecule has 0 saturated carbocycles. The van der Waals surface area contributed by atoms with E-state index in [-0.39, 0.29) is 0 Å². The van der Waals surface area contributed by atoms with Gasteiger partial charge in [-0.2, -0.15) is 10.4 Å². The lowest BCUT2D eigenvalue weighted by Crippen LogP contribution is -2.08. The van der Waals surface area contributed by atoms with Gasteiger partial charge in [-0.05, 0) is 43.2 Å². The molecule has 110 valence electrons. The van der Waals surface area contributed by atoms with Crippen molar-refractivity contribution in [2.45, 2.75) is 39.7 Å². The summed E-state index contributed by atoms with van der Waals surface area (Å²) >= 11 is 0. The first-order valence-electron chi connectivity index (χ1n) is 7.45. The maximum Gasteiger partial charge on any atom is 0.119 e. The number of hydrogen-bond acceptors (Lipinski definition) is 3. The van der Waals surface area contributed by atoms with Gasteiger partial charge in [-0.15, -0.1) is 0 Å². The van der Waals surface area contributed by atoms with Gasteiger partial charge >= 0.3 is 0 Å². The van der Waals surface area contributed by atoms with Gasteiger partial charge in [0, 0.05) is 18.7 Å². The predicted octanol–water partition coefficient (Wildman–Crippen LogP) is 3.35. The molecule has 0 aliphatic rings. The third-order valence-corrected chi connectivity index (χ3v) is 3.40. The zero-order valence-corrected chi connectivity index (χ0v) is 12.7. The van der Waals surface area contributed by atoms with E-state index >= 15 is 0 Å². The summed E-state index contributed by atoms with van der Waals surface area (Å²) in [7, 11) is 0. The molecule has 21 heavy (non-hydrogen) atoms. The van der Waals surface area contributed by atoms with Crippen LogP contribution in [0, 0.1) is 11.3 Å². The Morgan fingerprint density at radius 1 is 1.19 bits per heavy atom. The summed E-state index contributed by atoms with van der Waals surface area (Å²) in [5.74, 6) is 0.805. The second-order valence-corrected chi connectivity index (χ2v) is 4.90. The molecule has 0 N–H and O–H groups in total. The van der Waals surface area contributed by atoms with Crippen LogP contribution in [0.5, 0.6) is 5.75 Å². The van der Waals surface area contributed by atoms with E-state index in [1.54, 1.807) is 12.1 Å². The molecule has 2 rings (SSSR count). The Bertz CT molecular complexity index is 608. The molecule has 0 spiro atoms. The standard InChI is InChI=1S/C17H21N3O/c1-3-15-12-16(4-2)20(19-15)10-5-11-21-17-8-6-14(13-18)7-9-17/h6-9,12H,3-5,10-11H2,1-2H3. The van der Waals surface area contributed by atoms with Crippen LogP contribution in [-0.4, -0.2) is 16.4 Å². The molecule has 0 unspecified atom stereocenters. The molecule has 0 amide bonds. The molecule has 0 fully saturated rings. The van der Waals surface area contributed by atoms with E-state index in [4.69, 9.17) is 10.00 Å². The molecule has 0 atom stereocenters. The van der Waals surface area contributed by atoms with Gasteiger partial charge in [-0.3, -0.25) is 4.68 Å². The molecule has 0 bridgehead atoms. The van der Waals surface area contributed by atoms with Gasteiger partial charge < -0.3 is 4.74 Å². The van der Waals surface area contributed by atoms with Crippen LogP contribution in [-0.2, 0) is 19.4 Å². The Morgan fingerprint density at radius 3 is 2.57 bits per heavy atom. The SMILES string of the molecule is CCc1cc(CC)n(CCCOc2ccc(C#N)cc2)n1. The molecule has 1 aromatic heterocycles. The second kappa shape index (κ2) is 7.49. The van der Waals surface area contributed by atoms with Crippen molar-refractivity contribution in [2.75, 3.05) is 6.61 Å². The normalized spacial score (nSPS) is 10.3. The number of aromatic nitrogens is 2. The average molecular weight is 283 g/mol. The summed E-state index contributed by atoms with van der Waals surface area (Å²) in [6.45, 7) is 5.80. The molecule has 0 radical (unpaired) electrons. The second-order valence-electron chi connectivity index (χ2n) is 4.90. The topological polar surface area (TPSA) is 50.8 Å². The van der Waals surface area contributed by atoms with Crippen LogP contribution >= 0.6 is 0 Å². The fourth-order valence-corrected chi connectivity index (χ4v) is 2.20. The van der Waals surface area contributed by atoms with E-state index < -0.39 is 0 Å². The zero-order valence-electron chi connectivity index (χ0n) is 12.7. The van der Waals surface area contributed by atoms with Gasteiger partial charge in [0.2, 0.25) is 0 Å². The van der Waals surface area contributed by atoms with Crippen molar-refractivity contribution < 1.29 is 4.74 Å². The van der Waals surface area contributed by atoms with Gasteiger partial charge in [0.05, 0.1) is 23.9 Å². The van der Waals surface area contributed by atoms with Gasteiger partial charge in [0.1, 0.15) is 5.75 Å². The van der Waals surface area contributed by atoms with Crippen LogP contribution < -0.4 is 4.74 Å². The Kier molecular flexibility index (Phi) is 5.39. The third kappa shape index (κ3) is 4.09. The van der Waals surface area contributed by atoms with Gasteiger partial charge in [-0.25, -0.2) is 0 Å². The van der Waals surface area contributed by atoms with Crippen LogP contribution in [0.3, 0.4) is 0 Å². The number of ether oxygens (including phenoxy) is 1. The monoisotopic (exact) mass is 283 g/mol. The maximum atomic E-state index is 8.74. The summed E-state index contributed by atoms with van der Waals surface area (Å²) in [6.07, 6.45) is 2.89. The first-order valence-corrected chi connectivity index (χ1v) is 7.45. The van der Waals surface area contributed by atoms with E-state index in [1.807, 2.05) is 12.1 Å². The quantitative estimate of drug-likeness (QED) is 0.732. The van der Waals surface area contributed by atoms with E-state index in [0.29, 0.717) is 12.2 Å². The summed E-state index contributed by atoms with van der Waals surface area (Å²) < 4.78 is 7.77. The van der Waals surface area contributed by atoms with Crippen LogP contribution in [0.15, 0.2) is 30.3 Å². The Hall–Kier alpha value is -2.28. The summed E-state index contributed by atoms with van der Waals surface area (Å²) in [5, 5.41) is 13.3. The number of nitrogens with zero attached hydrogens (tertiary/aromatic N) is 3. The molecule has 1 heterocycles. The summed E-state index contributed by atoms with van der Waals surface area (Å²) in [4.78, 5) is 0. The van der Waals surface area contributed by atoms with Crippen molar-refractivity contribution in [2.24, 2.45) is 0 Å². The molecular formula is C17H21N3O. The number of nitriles is 1.